The molecule has 1 fully saturated rings. The summed E-state index contributed by atoms with van der Waals surface area (Å²) >= 11 is 0. The maximum absolute atomic E-state index is 4.96. The maximum Gasteiger partial charge on any atom is 0.0996 e. The molecule has 8 heavy (non-hydrogen) atoms. The van der Waals surface area contributed by atoms with Crippen molar-refractivity contribution in [1.29, 1.82) is 0 Å². The summed E-state index contributed by atoms with van der Waals surface area (Å²) in [6, 6.07) is 0. The Labute approximate surface area is 49.7 Å². The second kappa shape index (κ2) is 2.14. The normalized spacial score (nSPS) is 27.6. The van der Waals surface area contributed by atoms with E-state index in [1.54, 1.807) is 0 Å². The number of rotatable bonds is 2. The zero-order valence-corrected chi connectivity index (χ0v) is 5.05. The summed E-state index contributed by atoms with van der Waals surface area (Å²) in [5.41, 5.74) is 1.20. The molecule has 1 heterocycles. The first-order chi connectivity index (χ1) is 3.83. The monoisotopic (exact) mass is 110 g/mol. The van der Waals surface area contributed by atoms with E-state index < -0.39 is 0 Å². The van der Waals surface area contributed by atoms with E-state index in [1.165, 1.54) is 5.57 Å². The fourth-order valence-corrected chi connectivity index (χ4v) is 0.513. The molecule has 0 aromatic rings. The SMILES string of the molecule is C=CC(C)=CC1CO1. The van der Waals surface area contributed by atoms with Crippen LogP contribution in [0.5, 0.6) is 0 Å². The number of allylic oxidation sites excluding steroid dienone is 2. The smallest absolute Gasteiger partial charge is 0.0996 e. The molecule has 0 spiro atoms. The molecule has 44 valence electrons. The Hall–Kier alpha value is -0.560. The Morgan fingerprint density at radius 2 is 2.50 bits per heavy atom. The van der Waals surface area contributed by atoms with Gasteiger partial charge in [-0.25, -0.2) is 0 Å². The highest BCUT2D eigenvalue weighted by Crippen LogP contribution is 2.12. The van der Waals surface area contributed by atoms with Crippen molar-refractivity contribution in [2.75, 3.05) is 6.61 Å². The van der Waals surface area contributed by atoms with Crippen molar-refractivity contribution < 1.29 is 4.74 Å². The number of ether oxygens (including phenoxy) is 1. The zero-order valence-electron chi connectivity index (χ0n) is 5.05. The van der Waals surface area contributed by atoms with Gasteiger partial charge in [-0.05, 0) is 6.92 Å². The highest BCUT2D eigenvalue weighted by Gasteiger charge is 2.18. The van der Waals surface area contributed by atoms with Gasteiger partial charge in [0.25, 0.3) is 0 Å². The van der Waals surface area contributed by atoms with Crippen LogP contribution < -0.4 is 0 Å². The lowest BCUT2D eigenvalue weighted by atomic mass is 10.2. The lowest BCUT2D eigenvalue weighted by molar-refractivity contribution is 0.439. The van der Waals surface area contributed by atoms with Crippen molar-refractivity contribution in [2.24, 2.45) is 0 Å². The molecule has 1 aliphatic heterocycles. The van der Waals surface area contributed by atoms with Gasteiger partial charge in [-0.15, -0.1) is 0 Å². The second-order valence-electron chi connectivity index (χ2n) is 1.99. The van der Waals surface area contributed by atoms with Gasteiger partial charge in [-0.1, -0.05) is 24.3 Å². The molecule has 0 bridgehead atoms. The molecule has 0 aliphatic carbocycles. The molecule has 0 radical (unpaired) electrons. The van der Waals surface area contributed by atoms with Gasteiger partial charge in [0, 0.05) is 0 Å². The molecule has 1 atom stereocenters. The van der Waals surface area contributed by atoms with Gasteiger partial charge >= 0.3 is 0 Å². The lowest BCUT2D eigenvalue weighted by Gasteiger charge is -1.83. The van der Waals surface area contributed by atoms with E-state index in [9.17, 15) is 0 Å². The second-order valence-corrected chi connectivity index (χ2v) is 1.99. The number of hydrogen-bond acceptors (Lipinski definition) is 1. The molecule has 1 saturated heterocycles. The molecule has 0 saturated carbocycles. The predicted molar refractivity (Wildman–Crippen MR) is 33.7 cm³/mol. The van der Waals surface area contributed by atoms with Crippen molar-refractivity contribution in [2.45, 2.75) is 13.0 Å². The van der Waals surface area contributed by atoms with E-state index >= 15 is 0 Å². The summed E-state index contributed by atoms with van der Waals surface area (Å²) in [7, 11) is 0. The minimum Gasteiger partial charge on any atom is -0.369 e. The zero-order chi connectivity index (χ0) is 5.98. The fraction of sp³-hybridized carbons (Fsp3) is 0.429. The topological polar surface area (TPSA) is 12.5 Å². The van der Waals surface area contributed by atoms with Gasteiger partial charge in [0.05, 0.1) is 12.7 Å². The van der Waals surface area contributed by atoms with Crippen LogP contribution in [0.4, 0.5) is 0 Å². The summed E-state index contributed by atoms with van der Waals surface area (Å²) in [5.74, 6) is 0. The third kappa shape index (κ3) is 1.51. The minimum atomic E-state index is 0.396. The first-order valence-corrected chi connectivity index (χ1v) is 2.75. The van der Waals surface area contributed by atoms with Crippen LogP contribution >= 0.6 is 0 Å². The Morgan fingerprint density at radius 3 is 2.88 bits per heavy atom. The summed E-state index contributed by atoms with van der Waals surface area (Å²) in [6.45, 7) is 6.53. The lowest BCUT2D eigenvalue weighted by Crippen LogP contribution is -1.76. The molecule has 0 aromatic carbocycles. The van der Waals surface area contributed by atoms with E-state index in [4.69, 9.17) is 4.74 Å². The van der Waals surface area contributed by atoms with Gasteiger partial charge in [0.2, 0.25) is 0 Å². The summed E-state index contributed by atoms with van der Waals surface area (Å²) in [6.07, 6.45) is 4.31. The van der Waals surface area contributed by atoms with Crippen molar-refractivity contribution in [3.05, 3.63) is 24.3 Å². The summed E-state index contributed by atoms with van der Waals surface area (Å²) in [4.78, 5) is 0. The van der Waals surface area contributed by atoms with Crippen LogP contribution in [0.2, 0.25) is 0 Å². The van der Waals surface area contributed by atoms with E-state index in [1.807, 2.05) is 13.0 Å². The van der Waals surface area contributed by atoms with Crippen molar-refractivity contribution >= 4 is 0 Å². The predicted octanol–water partition coefficient (Wildman–Crippen LogP) is 1.52. The van der Waals surface area contributed by atoms with Gasteiger partial charge in [0.1, 0.15) is 0 Å². The highest BCUT2D eigenvalue weighted by atomic mass is 16.6. The average molecular weight is 110 g/mol. The molecule has 1 rings (SSSR count). The Balaban J connectivity index is 2.38. The third-order valence-corrected chi connectivity index (χ3v) is 1.13. The molecule has 1 aliphatic rings. The van der Waals surface area contributed by atoms with Crippen molar-refractivity contribution in [1.82, 2.24) is 0 Å². The van der Waals surface area contributed by atoms with Crippen LogP contribution in [0, 0.1) is 0 Å². The molecular weight excluding hydrogens is 100 g/mol. The van der Waals surface area contributed by atoms with Gasteiger partial charge < -0.3 is 4.74 Å². The van der Waals surface area contributed by atoms with Crippen LogP contribution in [0.1, 0.15) is 6.92 Å². The van der Waals surface area contributed by atoms with Gasteiger partial charge in [-0.2, -0.15) is 0 Å². The van der Waals surface area contributed by atoms with Crippen molar-refractivity contribution in [3.8, 4) is 0 Å². The molecule has 0 amide bonds. The summed E-state index contributed by atoms with van der Waals surface area (Å²) < 4.78 is 4.96. The molecule has 1 unspecified atom stereocenters. The number of epoxide rings is 1. The first-order valence-electron chi connectivity index (χ1n) is 2.75. The standard InChI is InChI=1S/C7H10O/c1-3-6(2)4-7-5-8-7/h3-4,7H,1,5H2,2H3. The van der Waals surface area contributed by atoms with Crippen LogP contribution in [-0.4, -0.2) is 12.7 Å². The highest BCUT2D eigenvalue weighted by molar-refractivity contribution is 5.16. The Bertz CT molecular complexity index is 120. The maximum atomic E-state index is 4.96. The molecular formula is C7H10O. The van der Waals surface area contributed by atoms with Crippen molar-refractivity contribution in [3.63, 3.8) is 0 Å². The molecule has 0 aromatic heterocycles. The minimum absolute atomic E-state index is 0.396. The van der Waals surface area contributed by atoms with E-state index in [-0.39, 0.29) is 0 Å². The fourth-order valence-electron chi connectivity index (χ4n) is 0.513. The van der Waals surface area contributed by atoms with E-state index in [2.05, 4.69) is 12.7 Å². The quantitative estimate of drug-likeness (QED) is 0.388. The average Bonchev–Trinajstić information content (AvgIpc) is 2.50. The number of hydrogen-bond donors (Lipinski definition) is 0. The molecule has 1 nitrogen and oxygen atoms in total. The van der Waals surface area contributed by atoms with Gasteiger partial charge in [0.15, 0.2) is 0 Å². The van der Waals surface area contributed by atoms with E-state index in [0.717, 1.165) is 6.61 Å². The van der Waals surface area contributed by atoms with Crippen LogP contribution in [0.3, 0.4) is 0 Å². The Morgan fingerprint density at radius 1 is 1.88 bits per heavy atom. The molecule has 1 heteroatoms. The van der Waals surface area contributed by atoms with Crippen LogP contribution in [-0.2, 0) is 4.74 Å². The van der Waals surface area contributed by atoms with Crippen LogP contribution in [0.15, 0.2) is 24.3 Å². The third-order valence-electron chi connectivity index (χ3n) is 1.13. The summed E-state index contributed by atoms with van der Waals surface area (Å²) in [5, 5.41) is 0. The van der Waals surface area contributed by atoms with E-state index in [0.29, 0.717) is 6.10 Å². The first kappa shape index (κ1) is 5.57. The Kier molecular flexibility index (Phi) is 1.49. The van der Waals surface area contributed by atoms with Gasteiger partial charge in [-0.3, -0.25) is 0 Å². The van der Waals surface area contributed by atoms with Crippen LogP contribution in [0.25, 0.3) is 0 Å². The largest absolute Gasteiger partial charge is 0.369 e. The molecule has 0 N–H and O–H groups in total.